The first-order valence-electron chi connectivity index (χ1n) is 6.19. The fourth-order valence-electron chi connectivity index (χ4n) is 2.41. The molecular weight excluding hydrogens is 283 g/mol. The molecule has 0 unspecified atom stereocenters. The zero-order valence-electron chi connectivity index (χ0n) is 9.92. The van der Waals surface area contributed by atoms with E-state index in [4.69, 9.17) is 4.74 Å². The number of halogens is 2. The highest BCUT2D eigenvalue weighted by Crippen LogP contribution is 2.38. The van der Waals surface area contributed by atoms with Gasteiger partial charge in [-0.1, -0.05) is 47.3 Å². The molecule has 94 valence electrons. The maximum absolute atomic E-state index is 13.4. The van der Waals surface area contributed by atoms with Crippen LogP contribution in [0.1, 0.15) is 32.1 Å². The van der Waals surface area contributed by atoms with Crippen LogP contribution in [0.15, 0.2) is 24.3 Å². The van der Waals surface area contributed by atoms with E-state index in [0.717, 1.165) is 5.33 Å². The lowest BCUT2D eigenvalue weighted by Gasteiger charge is -2.35. The zero-order valence-corrected chi connectivity index (χ0v) is 11.5. The monoisotopic (exact) mass is 300 g/mol. The molecule has 17 heavy (non-hydrogen) atoms. The lowest BCUT2D eigenvalue weighted by atomic mass is 9.76. The average Bonchev–Trinajstić information content (AvgIpc) is 2.39. The predicted octanol–water partition coefficient (Wildman–Crippen LogP) is 4.55. The van der Waals surface area contributed by atoms with Gasteiger partial charge in [0, 0.05) is 10.7 Å². The second-order valence-corrected chi connectivity index (χ2v) is 5.47. The Kier molecular flexibility index (Phi) is 4.43. The molecule has 1 aliphatic rings. The van der Waals surface area contributed by atoms with Crippen LogP contribution >= 0.6 is 15.9 Å². The standard InChI is InChI=1S/C14H18BrFO/c15-10-14(8-4-1-5-9-14)11-17-13-7-3-2-6-12(13)16/h2-3,6-7H,1,4-5,8-11H2. The van der Waals surface area contributed by atoms with E-state index in [2.05, 4.69) is 15.9 Å². The van der Waals surface area contributed by atoms with Gasteiger partial charge in [-0.3, -0.25) is 0 Å². The molecule has 0 amide bonds. The molecule has 0 aromatic heterocycles. The van der Waals surface area contributed by atoms with Gasteiger partial charge >= 0.3 is 0 Å². The molecule has 0 saturated heterocycles. The van der Waals surface area contributed by atoms with E-state index >= 15 is 0 Å². The molecule has 2 rings (SSSR count). The molecule has 3 heteroatoms. The third-order valence-electron chi connectivity index (χ3n) is 3.57. The van der Waals surface area contributed by atoms with Crippen molar-refractivity contribution in [1.82, 2.24) is 0 Å². The fourth-order valence-corrected chi connectivity index (χ4v) is 3.13. The highest BCUT2D eigenvalue weighted by molar-refractivity contribution is 9.09. The number of rotatable bonds is 4. The van der Waals surface area contributed by atoms with Crippen LogP contribution in [0.4, 0.5) is 4.39 Å². The number of ether oxygens (including phenoxy) is 1. The molecule has 0 spiro atoms. The first kappa shape index (κ1) is 12.9. The van der Waals surface area contributed by atoms with E-state index in [0.29, 0.717) is 12.4 Å². The third kappa shape index (κ3) is 3.21. The van der Waals surface area contributed by atoms with Crippen molar-refractivity contribution >= 4 is 15.9 Å². The highest BCUT2D eigenvalue weighted by atomic mass is 79.9. The molecule has 1 saturated carbocycles. The molecule has 0 bridgehead atoms. The normalized spacial score (nSPS) is 18.9. The second kappa shape index (κ2) is 5.85. The largest absolute Gasteiger partial charge is 0.490 e. The van der Waals surface area contributed by atoms with Gasteiger partial charge in [0.05, 0.1) is 6.61 Å². The van der Waals surface area contributed by atoms with E-state index in [1.54, 1.807) is 18.2 Å². The van der Waals surface area contributed by atoms with Gasteiger partial charge in [-0.2, -0.15) is 0 Å². The van der Waals surface area contributed by atoms with Crippen LogP contribution in [0.2, 0.25) is 0 Å². The van der Waals surface area contributed by atoms with Crippen molar-refractivity contribution in [3.8, 4) is 5.75 Å². The Balaban J connectivity index is 1.98. The van der Waals surface area contributed by atoms with Gasteiger partial charge in [-0.25, -0.2) is 4.39 Å². The Morgan fingerprint density at radius 3 is 2.53 bits per heavy atom. The zero-order chi connectivity index (χ0) is 12.1. The molecule has 1 aliphatic carbocycles. The van der Waals surface area contributed by atoms with Crippen LogP contribution < -0.4 is 4.74 Å². The number of hydrogen-bond acceptors (Lipinski definition) is 1. The summed E-state index contributed by atoms with van der Waals surface area (Å²) in [6.45, 7) is 0.610. The van der Waals surface area contributed by atoms with Gasteiger partial charge in [-0.15, -0.1) is 0 Å². The Labute approximate surface area is 110 Å². The molecule has 0 N–H and O–H groups in total. The van der Waals surface area contributed by atoms with Gasteiger partial charge in [0.15, 0.2) is 11.6 Å². The van der Waals surface area contributed by atoms with Crippen molar-refractivity contribution in [3.05, 3.63) is 30.1 Å². The third-order valence-corrected chi connectivity index (χ3v) is 4.76. The Hall–Kier alpha value is -0.570. The Morgan fingerprint density at radius 2 is 1.88 bits per heavy atom. The summed E-state index contributed by atoms with van der Waals surface area (Å²) < 4.78 is 19.1. The van der Waals surface area contributed by atoms with Crippen molar-refractivity contribution in [3.63, 3.8) is 0 Å². The van der Waals surface area contributed by atoms with E-state index in [-0.39, 0.29) is 11.2 Å². The summed E-state index contributed by atoms with van der Waals surface area (Å²) in [6.07, 6.45) is 6.17. The second-order valence-electron chi connectivity index (χ2n) is 4.91. The predicted molar refractivity (Wildman–Crippen MR) is 71.2 cm³/mol. The van der Waals surface area contributed by atoms with Crippen LogP contribution in [-0.4, -0.2) is 11.9 Å². The number of hydrogen-bond donors (Lipinski definition) is 0. The lowest BCUT2D eigenvalue weighted by Crippen LogP contribution is -2.32. The summed E-state index contributed by atoms with van der Waals surface area (Å²) in [5, 5.41) is 0.939. The minimum absolute atomic E-state index is 0.195. The molecule has 0 radical (unpaired) electrons. The molecule has 1 aromatic carbocycles. The number of para-hydroxylation sites is 1. The number of benzene rings is 1. The van der Waals surface area contributed by atoms with Crippen LogP contribution in [0.3, 0.4) is 0 Å². The smallest absolute Gasteiger partial charge is 0.165 e. The summed E-state index contributed by atoms with van der Waals surface area (Å²) in [4.78, 5) is 0. The van der Waals surface area contributed by atoms with E-state index in [9.17, 15) is 4.39 Å². The van der Waals surface area contributed by atoms with Crippen LogP contribution in [0.5, 0.6) is 5.75 Å². The molecule has 0 aliphatic heterocycles. The van der Waals surface area contributed by atoms with Gasteiger partial charge in [0.1, 0.15) is 0 Å². The van der Waals surface area contributed by atoms with Crippen molar-refractivity contribution < 1.29 is 9.13 Å². The van der Waals surface area contributed by atoms with Crippen LogP contribution in [-0.2, 0) is 0 Å². The van der Waals surface area contributed by atoms with Crippen molar-refractivity contribution in [1.29, 1.82) is 0 Å². The quantitative estimate of drug-likeness (QED) is 0.741. The first-order chi connectivity index (χ1) is 8.26. The van der Waals surface area contributed by atoms with Crippen molar-refractivity contribution in [2.45, 2.75) is 32.1 Å². The lowest BCUT2D eigenvalue weighted by molar-refractivity contribution is 0.118. The van der Waals surface area contributed by atoms with Crippen LogP contribution in [0.25, 0.3) is 0 Å². The molecule has 1 nitrogen and oxygen atoms in total. The topological polar surface area (TPSA) is 9.23 Å². The molecule has 0 heterocycles. The van der Waals surface area contributed by atoms with Crippen LogP contribution in [0, 0.1) is 11.2 Å². The summed E-state index contributed by atoms with van der Waals surface area (Å²) in [5.74, 6) is 0.103. The minimum atomic E-state index is -0.270. The molecular formula is C14H18BrFO. The SMILES string of the molecule is Fc1ccccc1OCC1(CBr)CCCCC1. The molecule has 0 atom stereocenters. The minimum Gasteiger partial charge on any atom is -0.490 e. The summed E-state index contributed by atoms with van der Waals surface area (Å²) in [7, 11) is 0. The maximum atomic E-state index is 13.4. The summed E-state index contributed by atoms with van der Waals surface area (Å²) >= 11 is 3.59. The van der Waals surface area contributed by atoms with E-state index in [1.807, 2.05) is 0 Å². The summed E-state index contributed by atoms with van der Waals surface area (Å²) in [6, 6.07) is 6.63. The average molecular weight is 301 g/mol. The van der Waals surface area contributed by atoms with E-state index < -0.39 is 0 Å². The Morgan fingerprint density at radius 1 is 1.18 bits per heavy atom. The number of alkyl halides is 1. The Bertz CT molecular complexity index is 361. The van der Waals surface area contributed by atoms with Gasteiger partial charge in [0.2, 0.25) is 0 Å². The molecule has 1 aromatic rings. The summed E-state index contributed by atoms with van der Waals surface area (Å²) in [5.41, 5.74) is 0.195. The fraction of sp³-hybridized carbons (Fsp3) is 0.571. The van der Waals surface area contributed by atoms with Crippen molar-refractivity contribution in [2.75, 3.05) is 11.9 Å². The maximum Gasteiger partial charge on any atom is 0.165 e. The van der Waals surface area contributed by atoms with Crippen molar-refractivity contribution in [2.24, 2.45) is 5.41 Å². The van der Waals surface area contributed by atoms with Gasteiger partial charge in [0.25, 0.3) is 0 Å². The first-order valence-corrected chi connectivity index (χ1v) is 7.31. The highest BCUT2D eigenvalue weighted by Gasteiger charge is 2.32. The van der Waals surface area contributed by atoms with Gasteiger partial charge in [-0.05, 0) is 25.0 Å². The molecule has 1 fully saturated rings. The van der Waals surface area contributed by atoms with E-state index in [1.165, 1.54) is 38.2 Å². The van der Waals surface area contributed by atoms with Gasteiger partial charge < -0.3 is 4.74 Å².